The molecule has 1 amide bonds. The van der Waals surface area contributed by atoms with Crippen LogP contribution in [0.4, 0.5) is 5.69 Å². The zero-order valence-electron chi connectivity index (χ0n) is 11.5. The monoisotopic (exact) mass is 320 g/mol. The first-order valence-electron chi connectivity index (χ1n) is 6.39. The zero-order chi connectivity index (χ0) is 15.1. The number of aliphatic hydroxyl groups is 1. The lowest BCUT2D eigenvalue weighted by Crippen LogP contribution is -2.10. The molecule has 0 saturated carbocycles. The number of hydrogen-bond acceptors (Lipinski definition) is 4. The molecular weight excluding hydrogens is 308 g/mol. The van der Waals surface area contributed by atoms with E-state index in [0.717, 1.165) is 21.2 Å². The quantitative estimate of drug-likeness (QED) is 0.889. The number of aliphatic hydroxyl groups excluding tert-OH is 1. The fraction of sp³-hybridized carbons (Fsp3) is 0.200. The summed E-state index contributed by atoms with van der Waals surface area (Å²) in [6.07, 6.45) is -1.14. The second kappa shape index (κ2) is 5.33. The molecule has 0 aliphatic carbocycles. The Kier molecular flexibility index (Phi) is 3.65. The van der Waals surface area contributed by atoms with Gasteiger partial charge in [0.25, 0.3) is 5.91 Å². The third-order valence-corrected chi connectivity index (χ3v) is 4.59. The van der Waals surface area contributed by atoms with Gasteiger partial charge in [0, 0.05) is 21.8 Å². The van der Waals surface area contributed by atoms with E-state index in [2.05, 4.69) is 10.3 Å². The Morgan fingerprint density at radius 1 is 1.29 bits per heavy atom. The summed E-state index contributed by atoms with van der Waals surface area (Å²) in [5, 5.41) is 13.7. The standard InChI is InChI=1S/C15H13ClN2O2S/c1-7-3-8(2)17-13(4-7)21-12-6-11-9(5-10(12)16)14(19)15(20)18-11/h3-6,14,19H,1-2H3,(H,18,20). The molecule has 1 aliphatic heterocycles. The van der Waals surface area contributed by atoms with Crippen LogP contribution in [0.5, 0.6) is 0 Å². The molecule has 21 heavy (non-hydrogen) atoms. The predicted octanol–water partition coefficient (Wildman–Crippen LogP) is 3.49. The first-order chi connectivity index (χ1) is 9.94. The molecule has 0 bridgehead atoms. The number of carbonyl (C=O) groups excluding carboxylic acids is 1. The van der Waals surface area contributed by atoms with Crippen LogP contribution < -0.4 is 5.32 Å². The summed E-state index contributed by atoms with van der Waals surface area (Å²) in [4.78, 5) is 16.7. The molecule has 3 rings (SSSR count). The molecule has 1 aromatic heterocycles. The Labute approximate surface area is 131 Å². The van der Waals surface area contributed by atoms with E-state index in [1.54, 1.807) is 12.1 Å². The van der Waals surface area contributed by atoms with Crippen molar-refractivity contribution in [1.82, 2.24) is 4.98 Å². The van der Waals surface area contributed by atoms with E-state index in [4.69, 9.17) is 11.6 Å². The fourth-order valence-corrected chi connectivity index (χ4v) is 3.57. The van der Waals surface area contributed by atoms with Gasteiger partial charge in [0.1, 0.15) is 5.03 Å². The number of fused-ring (bicyclic) bond motifs is 1. The Hall–Kier alpha value is -1.56. The number of carbonyl (C=O) groups is 1. The first-order valence-corrected chi connectivity index (χ1v) is 7.59. The van der Waals surface area contributed by atoms with Crippen molar-refractivity contribution in [3.63, 3.8) is 0 Å². The summed E-state index contributed by atoms with van der Waals surface area (Å²) < 4.78 is 0. The minimum Gasteiger partial charge on any atom is -0.378 e. The number of rotatable bonds is 2. The van der Waals surface area contributed by atoms with Gasteiger partial charge in [-0.1, -0.05) is 23.4 Å². The van der Waals surface area contributed by atoms with E-state index < -0.39 is 12.0 Å². The van der Waals surface area contributed by atoms with Gasteiger partial charge in [0.05, 0.1) is 5.02 Å². The van der Waals surface area contributed by atoms with Crippen LogP contribution in [-0.2, 0) is 4.79 Å². The average molecular weight is 321 g/mol. The lowest BCUT2D eigenvalue weighted by Gasteiger charge is -2.08. The number of aromatic nitrogens is 1. The highest BCUT2D eigenvalue weighted by atomic mass is 35.5. The smallest absolute Gasteiger partial charge is 0.257 e. The van der Waals surface area contributed by atoms with Gasteiger partial charge in [-0.3, -0.25) is 4.79 Å². The van der Waals surface area contributed by atoms with Crippen molar-refractivity contribution < 1.29 is 9.90 Å². The Morgan fingerprint density at radius 2 is 2.05 bits per heavy atom. The summed E-state index contributed by atoms with van der Waals surface area (Å²) >= 11 is 7.69. The second-order valence-electron chi connectivity index (χ2n) is 4.99. The van der Waals surface area contributed by atoms with Gasteiger partial charge >= 0.3 is 0 Å². The summed E-state index contributed by atoms with van der Waals surface area (Å²) in [5.41, 5.74) is 3.19. The Balaban J connectivity index is 1.97. The second-order valence-corrected chi connectivity index (χ2v) is 6.46. The third kappa shape index (κ3) is 2.77. The molecule has 1 aliphatic rings. The van der Waals surface area contributed by atoms with Crippen molar-refractivity contribution in [3.05, 3.63) is 46.1 Å². The fourth-order valence-electron chi connectivity index (χ4n) is 2.29. The van der Waals surface area contributed by atoms with Gasteiger partial charge < -0.3 is 10.4 Å². The molecule has 108 valence electrons. The van der Waals surface area contributed by atoms with E-state index in [1.165, 1.54) is 11.8 Å². The summed E-state index contributed by atoms with van der Waals surface area (Å²) in [6, 6.07) is 7.39. The number of halogens is 1. The lowest BCUT2D eigenvalue weighted by molar-refractivity contribution is -0.123. The van der Waals surface area contributed by atoms with Crippen molar-refractivity contribution in [1.29, 1.82) is 0 Å². The zero-order valence-corrected chi connectivity index (χ0v) is 13.0. The number of nitrogens with zero attached hydrogens (tertiary/aromatic N) is 1. The summed E-state index contributed by atoms with van der Waals surface area (Å²) in [7, 11) is 0. The molecule has 0 fully saturated rings. The van der Waals surface area contributed by atoms with Crippen molar-refractivity contribution in [3.8, 4) is 0 Å². The minimum absolute atomic E-state index is 0.423. The number of hydrogen-bond donors (Lipinski definition) is 2. The number of nitrogens with one attached hydrogen (secondary N) is 1. The molecule has 2 aromatic rings. The molecular formula is C15H13ClN2O2S. The topological polar surface area (TPSA) is 62.2 Å². The highest BCUT2D eigenvalue weighted by Gasteiger charge is 2.29. The van der Waals surface area contributed by atoms with E-state index in [-0.39, 0.29) is 0 Å². The molecule has 0 radical (unpaired) electrons. The first kappa shape index (κ1) is 14.4. The van der Waals surface area contributed by atoms with Gasteiger partial charge in [-0.25, -0.2) is 4.98 Å². The minimum atomic E-state index is -1.14. The van der Waals surface area contributed by atoms with Crippen molar-refractivity contribution >= 4 is 35.0 Å². The molecule has 2 N–H and O–H groups in total. The maximum atomic E-state index is 11.5. The number of aryl methyl sites for hydroxylation is 2. The maximum Gasteiger partial charge on any atom is 0.257 e. The predicted molar refractivity (Wildman–Crippen MR) is 82.9 cm³/mol. The van der Waals surface area contributed by atoms with Gasteiger partial charge in [0.15, 0.2) is 6.10 Å². The highest BCUT2D eigenvalue weighted by molar-refractivity contribution is 7.99. The van der Waals surface area contributed by atoms with Crippen LogP contribution >= 0.6 is 23.4 Å². The molecule has 1 atom stereocenters. The van der Waals surface area contributed by atoms with E-state index in [0.29, 0.717) is 16.3 Å². The van der Waals surface area contributed by atoms with Crippen LogP contribution in [0.25, 0.3) is 0 Å². The number of anilines is 1. The van der Waals surface area contributed by atoms with Crippen LogP contribution in [0.2, 0.25) is 5.02 Å². The van der Waals surface area contributed by atoms with Gasteiger partial charge in [0.2, 0.25) is 0 Å². The van der Waals surface area contributed by atoms with Crippen LogP contribution in [0.15, 0.2) is 34.2 Å². The van der Waals surface area contributed by atoms with Crippen molar-refractivity contribution in [2.75, 3.05) is 5.32 Å². The van der Waals surface area contributed by atoms with Crippen LogP contribution in [-0.4, -0.2) is 16.0 Å². The highest BCUT2D eigenvalue weighted by Crippen LogP contribution is 2.40. The number of benzene rings is 1. The van der Waals surface area contributed by atoms with E-state index in [9.17, 15) is 9.90 Å². The molecule has 0 saturated heterocycles. The Bertz CT molecular complexity index is 728. The molecule has 4 nitrogen and oxygen atoms in total. The van der Waals surface area contributed by atoms with E-state index in [1.807, 2.05) is 26.0 Å². The summed E-state index contributed by atoms with van der Waals surface area (Å²) in [5.74, 6) is -0.423. The van der Waals surface area contributed by atoms with Crippen LogP contribution in [0.3, 0.4) is 0 Å². The third-order valence-electron chi connectivity index (χ3n) is 3.19. The average Bonchev–Trinajstić information content (AvgIpc) is 2.65. The number of amides is 1. The van der Waals surface area contributed by atoms with Crippen molar-refractivity contribution in [2.24, 2.45) is 0 Å². The maximum absolute atomic E-state index is 11.5. The van der Waals surface area contributed by atoms with Gasteiger partial charge in [-0.05, 0) is 43.7 Å². The molecule has 6 heteroatoms. The van der Waals surface area contributed by atoms with Crippen LogP contribution in [0.1, 0.15) is 22.9 Å². The molecule has 1 unspecified atom stereocenters. The lowest BCUT2D eigenvalue weighted by atomic mass is 10.1. The van der Waals surface area contributed by atoms with Crippen molar-refractivity contribution in [2.45, 2.75) is 29.9 Å². The van der Waals surface area contributed by atoms with Crippen LogP contribution in [0, 0.1) is 13.8 Å². The van der Waals surface area contributed by atoms with Gasteiger partial charge in [-0.2, -0.15) is 0 Å². The Morgan fingerprint density at radius 3 is 2.76 bits per heavy atom. The molecule has 1 aromatic carbocycles. The summed E-state index contributed by atoms with van der Waals surface area (Å²) in [6.45, 7) is 3.96. The number of pyridine rings is 1. The largest absolute Gasteiger partial charge is 0.378 e. The van der Waals surface area contributed by atoms with Gasteiger partial charge in [-0.15, -0.1) is 0 Å². The molecule has 2 heterocycles. The normalized spacial score (nSPS) is 16.8. The molecule has 0 spiro atoms. The SMILES string of the molecule is Cc1cc(C)nc(Sc2cc3c(cc2Cl)C(O)C(=O)N3)c1. The van der Waals surface area contributed by atoms with E-state index >= 15 is 0 Å².